The largest absolute Gasteiger partial charge is 0.481 e. The van der Waals surface area contributed by atoms with Gasteiger partial charge in [0.1, 0.15) is 11.7 Å². The number of carbonyl (C=O) groups is 1. The minimum atomic E-state index is -0.757. The van der Waals surface area contributed by atoms with Crippen molar-refractivity contribution in [1.29, 1.82) is 0 Å². The Balaban J connectivity index is 2.02. The molecule has 0 spiro atoms. The molecule has 2 unspecified atom stereocenters. The first-order valence-electron chi connectivity index (χ1n) is 8.51. The number of hydrogen-bond donors (Lipinski definition) is 1. The number of carboxylic acid groups (broad SMARTS) is 1. The van der Waals surface area contributed by atoms with Gasteiger partial charge in [0.2, 0.25) is 0 Å². The van der Waals surface area contributed by atoms with Crippen molar-refractivity contribution in [2.45, 2.75) is 38.1 Å². The molecule has 0 amide bonds. The maximum Gasteiger partial charge on any atom is 0.313 e. The van der Waals surface area contributed by atoms with Crippen LogP contribution >= 0.6 is 0 Å². The number of nitrogens with zero attached hydrogens (tertiary/aromatic N) is 2. The van der Waals surface area contributed by atoms with E-state index in [4.69, 9.17) is 4.98 Å². The number of aliphatic carboxylic acids is 1. The van der Waals surface area contributed by atoms with Gasteiger partial charge in [-0.1, -0.05) is 56.2 Å². The number of aromatic nitrogens is 2. The van der Waals surface area contributed by atoms with E-state index in [1.807, 2.05) is 48.5 Å². The average Bonchev–Trinajstić information content (AvgIpc) is 2.99. The average molecular weight is 320 g/mol. The molecule has 2 aromatic carbocycles. The SMILES string of the molecule is CCCCC1C(C(=O)O)c2ccccc2-c2nc3ccccc3n21. The summed E-state index contributed by atoms with van der Waals surface area (Å²) in [5, 5.41) is 9.96. The van der Waals surface area contributed by atoms with Crippen LogP contribution < -0.4 is 0 Å². The lowest BCUT2D eigenvalue weighted by atomic mass is 9.82. The second-order valence-electron chi connectivity index (χ2n) is 6.41. The fourth-order valence-corrected chi connectivity index (χ4v) is 3.90. The molecule has 1 aromatic heterocycles. The Labute approximate surface area is 140 Å². The molecular formula is C20H20N2O2. The van der Waals surface area contributed by atoms with E-state index >= 15 is 0 Å². The summed E-state index contributed by atoms with van der Waals surface area (Å²) in [5.41, 5.74) is 3.77. The number of carboxylic acids is 1. The molecule has 0 bridgehead atoms. The van der Waals surface area contributed by atoms with Crippen LogP contribution in [-0.2, 0) is 4.79 Å². The monoisotopic (exact) mass is 320 g/mol. The van der Waals surface area contributed by atoms with E-state index in [0.29, 0.717) is 0 Å². The van der Waals surface area contributed by atoms with Crippen molar-refractivity contribution >= 4 is 17.0 Å². The highest BCUT2D eigenvalue weighted by Crippen LogP contribution is 2.46. The smallest absolute Gasteiger partial charge is 0.313 e. The lowest BCUT2D eigenvalue weighted by Gasteiger charge is -2.33. The molecule has 0 radical (unpaired) electrons. The number of hydrogen-bond acceptors (Lipinski definition) is 2. The molecule has 2 atom stereocenters. The van der Waals surface area contributed by atoms with Crippen molar-refractivity contribution in [2.75, 3.05) is 0 Å². The molecule has 1 aliphatic heterocycles. The maximum absolute atomic E-state index is 12.1. The molecule has 1 N–H and O–H groups in total. The molecule has 3 aromatic rings. The highest BCUT2D eigenvalue weighted by atomic mass is 16.4. The van der Waals surface area contributed by atoms with Crippen LogP contribution in [0.2, 0.25) is 0 Å². The van der Waals surface area contributed by atoms with E-state index in [9.17, 15) is 9.90 Å². The van der Waals surface area contributed by atoms with E-state index in [1.165, 1.54) is 0 Å². The standard InChI is InChI=1S/C20H20N2O2/c1-2-3-11-17-18(20(23)24)13-8-4-5-9-14(13)19-21-15-10-6-7-12-16(15)22(17)19/h4-10,12,17-18H,2-3,11H2,1H3,(H,23,24). The van der Waals surface area contributed by atoms with Gasteiger partial charge in [0.15, 0.2) is 0 Å². The first kappa shape index (κ1) is 14.9. The van der Waals surface area contributed by atoms with Gasteiger partial charge in [-0.15, -0.1) is 0 Å². The van der Waals surface area contributed by atoms with Crippen LogP contribution in [0.15, 0.2) is 48.5 Å². The zero-order chi connectivity index (χ0) is 16.7. The number of para-hydroxylation sites is 2. The summed E-state index contributed by atoms with van der Waals surface area (Å²) >= 11 is 0. The van der Waals surface area contributed by atoms with Crippen LogP contribution in [0.1, 0.15) is 43.7 Å². The molecule has 0 saturated heterocycles. The topological polar surface area (TPSA) is 55.1 Å². The predicted molar refractivity (Wildman–Crippen MR) is 94.1 cm³/mol. The van der Waals surface area contributed by atoms with Gasteiger partial charge in [-0.25, -0.2) is 4.98 Å². The zero-order valence-electron chi connectivity index (χ0n) is 13.6. The van der Waals surface area contributed by atoms with Crippen LogP contribution in [0.25, 0.3) is 22.4 Å². The van der Waals surface area contributed by atoms with Crippen molar-refractivity contribution in [3.8, 4) is 11.4 Å². The number of rotatable bonds is 4. The van der Waals surface area contributed by atoms with Crippen LogP contribution in [0.4, 0.5) is 0 Å². The van der Waals surface area contributed by atoms with Gasteiger partial charge < -0.3 is 9.67 Å². The first-order valence-corrected chi connectivity index (χ1v) is 8.51. The number of fused-ring (bicyclic) bond motifs is 5. The molecule has 0 fully saturated rings. The zero-order valence-corrected chi connectivity index (χ0v) is 13.6. The normalized spacial score (nSPS) is 19.0. The number of unbranched alkanes of at least 4 members (excludes halogenated alkanes) is 1. The molecular weight excluding hydrogens is 300 g/mol. The molecule has 24 heavy (non-hydrogen) atoms. The van der Waals surface area contributed by atoms with Gasteiger partial charge in [0.05, 0.1) is 17.1 Å². The molecule has 4 heteroatoms. The van der Waals surface area contributed by atoms with Crippen molar-refractivity contribution in [3.05, 3.63) is 54.1 Å². The Morgan fingerprint density at radius 3 is 2.71 bits per heavy atom. The van der Waals surface area contributed by atoms with Crippen molar-refractivity contribution < 1.29 is 9.90 Å². The Kier molecular flexibility index (Phi) is 3.60. The molecule has 4 rings (SSSR count). The molecule has 4 nitrogen and oxygen atoms in total. The minimum Gasteiger partial charge on any atom is -0.481 e. The van der Waals surface area contributed by atoms with Crippen molar-refractivity contribution in [3.63, 3.8) is 0 Å². The van der Waals surface area contributed by atoms with E-state index in [-0.39, 0.29) is 6.04 Å². The summed E-state index contributed by atoms with van der Waals surface area (Å²) in [6, 6.07) is 15.7. The van der Waals surface area contributed by atoms with Crippen molar-refractivity contribution in [2.24, 2.45) is 0 Å². The van der Waals surface area contributed by atoms with Gasteiger partial charge in [-0.3, -0.25) is 4.79 Å². The molecule has 122 valence electrons. The Morgan fingerprint density at radius 1 is 1.17 bits per heavy atom. The van der Waals surface area contributed by atoms with E-state index in [0.717, 1.165) is 47.2 Å². The summed E-state index contributed by atoms with van der Waals surface area (Å²) in [4.78, 5) is 16.9. The van der Waals surface area contributed by atoms with E-state index in [2.05, 4.69) is 11.5 Å². The summed E-state index contributed by atoms with van der Waals surface area (Å²) in [6.45, 7) is 2.14. The highest BCUT2D eigenvalue weighted by Gasteiger charge is 2.39. The van der Waals surface area contributed by atoms with Gasteiger partial charge >= 0.3 is 5.97 Å². The number of imidazole rings is 1. The third-order valence-corrected chi connectivity index (χ3v) is 4.97. The molecule has 1 aliphatic rings. The lowest BCUT2D eigenvalue weighted by Crippen LogP contribution is -2.29. The Bertz CT molecular complexity index is 913. The first-order chi connectivity index (χ1) is 11.7. The number of benzene rings is 2. The Hall–Kier alpha value is -2.62. The fourth-order valence-electron chi connectivity index (χ4n) is 3.90. The fraction of sp³-hybridized carbons (Fsp3) is 0.300. The van der Waals surface area contributed by atoms with Gasteiger partial charge in [0.25, 0.3) is 0 Å². The van der Waals surface area contributed by atoms with E-state index < -0.39 is 11.9 Å². The second-order valence-corrected chi connectivity index (χ2v) is 6.41. The van der Waals surface area contributed by atoms with Gasteiger partial charge in [-0.2, -0.15) is 0 Å². The Morgan fingerprint density at radius 2 is 1.92 bits per heavy atom. The van der Waals surface area contributed by atoms with E-state index in [1.54, 1.807) is 0 Å². The second kappa shape index (κ2) is 5.78. The predicted octanol–water partition coefficient (Wildman–Crippen LogP) is 4.62. The van der Waals surface area contributed by atoms with Gasteiger partial charge in [-0.05, 0) is 24.1 Å². The molecule has 2 heterocycles. The quantitative estimate of drug-likeness (QED) is 0.763. The summed E-state index contributed by atoms with van der Waals surface area (Å²) < 4.78 is 2.16. The molecule has 0 saturated carbocycles. The third-order valence-electron chi connectivity index (χ3n) is 4.97. The van der Waals surface area contributed by atoms with Gasteiger partial charge in [0, 0.05) is 5.56 Å². The van der Waals surface area contributed by atoms with Crippen LogP contribution in [0.5, 0.6) is 0 Å². The van der Waals surface area contributed by atoms with Crippen LogP contribution in [0, 0.1) is 0 Å². The summed E-state index contributed by atoms with van der Waals surface area (Å²) in [5.74, 6) is -0.393. The minimum absolute atomic E-state index is 0.0975. The third kappa shape index (κ3) is 2.13. The van der Waals surface area contributed by atoms with Crippen LogP contribution in [-0.4, -0.2) is 20.6 Å². The highest BCUT2D eigenvalue weighted by molar-refractivity contribution is 5.87. The molecule has 0 aliphatic carbocycles. The van der Waals surface area contributed by atoms with Crippen LogP contribution in [0.3, 0.4) is 0 Å². The maximum atomic E-state index is 12.1. The summed E-state index contributed by atoms with van der Waals surface area (Å²) in [7, 11) is 0. The van der Waals surface area contributed by atoms with Crippen molar-refractivity contribution in [1.82, 2.24) is 9.55 Å². The lowest BCUT2D eigenvalue weighted by molar-refractivity contribution is -0.140. The summed E-state index contributed by atoms with van der Waals surface area (Å²) in [6.07, 6.45) is 2.89.